The predicted octanol–water partition coefficient (Wildman–Crippen LogP) is 4.33. The van der Waals surface area contributed by atoms with Crippen LogP contribution in [0.15, 0.2) is 39.4 Å². The zero-order chi connectivity index (χ0) is 12.5. The van der Waals surface area contributed by atoms with Gasteiger partial charge in [-0.2, -0.15) is 0 Å². The zero-order valence-electron chi connectivity index (χ0n) is 9.76. The van der Waals surface area contributed by atoms with E-state index in [2.05, 4.69) is 33.1 Å². The summed E-state index contributed by atoms with van der Waals surface area (Å²) in [6.07, 6.45) is 2.55. The number of fused-ring (bicyclic) bond motifs is 1. The number of hydrogen-bond donors (Lipinski definition) is 0. The van der Waals surface area contributed by atoms with Crippen molar-refractivity contribution in [3.8, 4) is 11.5 Å². The summed E-state index contributed by atoms with van der Waals surface area (Å²) in [6, 6.07) is 7.78. The van der Waals surface area contributed by atoms with Crippen LogP contribution in [0, 0.1) is 0 Å². The second-order valence-electron chi connectivity index (χ2n) is 3.97. The van der Waals surface area contributed by atoms with E-state index in [1.54, 1.807) is 6.26 Å². The molecule has 0 saturated heterocycles. The first-order valence-corrected chi connectivity index (χ1v) is 6.65. The number of rotatable bonds is 3. The van der Waals surface area contributed by atoms with Crippen molar-refractivity contribution in [3.05, 3.63) is 36.4 Å². The first-order valence-electron chi connectivity index (χ1n) is 5.73. The number of nitrogens with zero attached hydrogens (tertiary/aromatic N) is 2. The van der Waals surface area contributed by atoms with Crippen molar-refractivity contribution in [1.82, 2.24) is 10.2 Å². The molecule has 0 spiro atoms. The molecule has 0 aliphatic heterocycles. The van der Waals surface area contributed by atoms with Crippen LogP contribution in [0.2, 0.25) is 0 Å². The van der Waals surface area contributed by atoms with Crippen LogP contribution < -0.4 is 0 Å². The van der Waals surface area contributed by atoms with Crippen molar-refractivity contribution in [2.24, 2.45) is 0 Å². The fraction of sp³-hybridized carbons (Fsp3) is 0.231. The van der Waals surface area contributed by atoms with Gasteiger partial charge in [0.2, 0.25) is 5.89 Å². The Kier molecular flexibility index (Phi) is 2.91. The molecule has 1 aromatic carbocycles. The third-order valence-corrected chi connectivity index (χ3v) is 3.82. The van der Waals surface area contributed by atoms with Gasteiger partial charge in [0.05, 0.1) is 10.4 Å². The number of benzene rings is 1. The summed E-state index contributed by atoms with van der Waals surface area (Å²) in [4.78, 5) is 0.0944. The number of furan rings is 1. The monoisotopic (exact) mass is 306 g/mol. The van der Waals surface area contributed by atoms with Crippen molar-refractivity contribution in [2.75, 3.05) is 0 Å². The summed E-state index contributed by atoms with van der Waals surface area (Å²) in [5, 5.41) is 9.10. The van der Waals surface area contributed by atoms with Gasteiger partial charge in [-0.15, -0.1) is 10.2 Å². The summed E-state index contributed by atoms with van der Waals surface area (Å²) >= 11 is 3.49. The second kappa shape index (κ2) is 4.57. The molecule has 18 heavy (non-hydrogen) atoms. The Balaban J connectivity index is 2.07. The topological polar surface area (TPSA) is 52.1 Å². The third-order valence-electron chi connectivity index (χ3n) is 2.78. The minimum atomic E-state index is 0.0944. The van der Waals surface area contributed by atoms with Crippen molar-refractivity contribution < 1.29 is 8.83 Å². The Hall–Kier alpha value is -1.62. The average Bonchev–Trinajstić information content (AvgIpc) is 3.03. The van der Waals surface area contributed by atoms with Gasteiger partial charge >= 0.3 is 0 Å². The molecular weight excluding hydrogens is 296 g/mol. The van der Waals surface area contributed by atoms with Gasteiger partial charge < -0.3 is 8.83 Å². The first kappa shape index (κ1) is 11.5. The summed E-state index contributed by atoms with van der Waals surface area (Å²) in [6.45, 7) is 2.05. The number of hydrogen-bond acceptors (Lipinski definition) is 4. The summed E-state index contributed by atoms with van der Waals surface area (Å²) in [5.74, 6) is 1.09. The molecule has 0 aliphatic carbocycles. The molecule has 0 aliphatic rings. The highest BCUT2D eigenvalue weighted by Crippen LogP contribution is 2.32. The lowest BCUT2D eigenvalue weighted by molar-refractivity contribution is 0.499. The van der Waals surface area contributed by atoms with Crippen LogP contribution in [0.3, 0.4) is 0 Å². The lowest BCUT2D eigenvalue weighted by atomic mass is 10.2. The fourth-order valence-electron chi connectivity index (χ4n) is 1.79. The van der Waals surface area contributed by atoms with Crippen LogP contribution in [0.4, 0.5) is 0 Å². The van der Waals surface area contributed by atoms with Gasteiger partial charge in [0.1, 0.15) is 11.8 Å². The minimum absolute atomic E-state index is 0.0944. The van der Waals surface area contributed by atoms with Crippen LogP contribution in [0.5, 0.6) is 0 Å². The molecule has 3 rings (SSSR count). The van der Waals surface area contributed by atoms with E-state index in [9.17, 15) is 0 Å². The maximum atomic E-state index is 5.66. The molecule has 5 heteroatoms. The van der Waals surface area contributed by atoms with Crippen LogP contribution in [-0.2, 0) is 0 Å². The van der Waals surface area contributed by atoms with Gasteiger partial charge in [-0.1, -0.05) is 41.1 Å². The van der Waals surface area contributed by atoms with Gasteiger partial charge in [0.25, 0.3) is 5.89 Å². The normalized spacial score (nSPS) is 13.0. The van der Waals surface area contributed by atoms with Gasteiger partial charge in [-0.05, 0) is 12.5 Å². The number of halogens is 1. The van der Waals surface area contributed by atoms with Crippen molar-refractivity contribution >= 4 is 26.9 Å². The molecule has 2 aromatic heterocycles. The fourth-order valence-corrected chi connectivity index (χ4v) is 1.97. The Bertz CT molecular complexity index is 674. The molecule has 0 radical (unpaired) electrons. The average molecular weight is 307 g/mol. The quantitative estimate of drug-likeness (QED) is 0.676. The maximum Gasteiger partial charge on any atom is 0.251 e. The highest BCUT2D eigenvalue weighted by atomic mass is 79.9. The van der Waals surface area contributed by atoms with Gasteiger partial charge in [0.15, 0.2) is 0 Å². The summed E-state index contributed by atoms with van der Waals surface area (Å²) < 4.78 is 11.1. The van der Waals surface area contributed by atoms with Crippen LogP contribution in [0.1, 0.15) is 24.1 Å². The van der Waals surface area contributed by atoms with E-state index in [-0.39, 0.29) is 4.83 Å². The Morgan fingerprint density at radius 1 is 1.28 bits per heavy atom. The van der Waals surface area contributed by atoms with E-state index in [1.165, 1.54) is 0 Å². The highest BCUT2D eigenvalue weighted by molar-refractivity contribution is 9.09. The minimum Gasteiger partial charge on any atom is -0.463 e. The van der Waals surface area contributed by atoms with Crippen LogP contribution in [-0.4, -0.2) is 10.2 Å². The van der Waals surface area contributed by atoms with Gasteiger partial charge in [-0.3, -0.25) is 0 Å². The lowest BCUT2D eigenvalue weighted by Gasteiger charge is -1.97. The smallest absolute Gasteiger partial charge is 0.251 e. The molecule has 0 amide bonds. The molecule has 3 aromatic rings. The van der Waals surface area contributed by atoms with Crippen LogP contribution in [0.25, 0.3) is 22.4 Å². The molecular formula is C13H11BrN2O2. The molecule has 92 valence electrons. The maximum absolute atomic E-state index is 5.66. The molecule has 0 fully saturated rings. The van der Waals surface area contributed by atoms with Crippen LogP contribution >= 0.6 is 15.9 Å². The van der Waals surface area contributed by atoms with Crippen molar-refractivity contribution in [2.45, 2.75) is 18.2 Å². The zero-order valence-corrected chi connectivity index (χ0v) is 11.3. The van der Waals surface area contributed by atoms with Crippen molar-refractivity contribution in [1.29, 1.82) is 0 Å². The molecule has 1 atom stereocenters. The molecule has 1 unspecified atom stereocenters. The first-order chi connectivity index (χ1) is 8.79. The largest absolute Gasteiger partial charge is 0.463 e. The van der Waals surface area contributed by atoms with E-state index in [0.717, 1.165) is 23.0 Å². The molecule has 4 nitrogen and oxygen atoms in total. The predicted molar refractivity (Wildman–Crippen MR) is 71.5 cm³/mol. The van der Waals surface area contributed by atoms with Gasteiger partial charge in [-0.25, -0.2) is 0 Å². The number of para-hydroxylation sites is 1. The van der Waals surface area contributed by atoms with Gasteiger partial charge in [0, 0.05) is 5.39 Å². The Labute approximate surface area is 112 Å². The summed E-state index contributed by atoms with van der Waals surface area (Å²) in [5.41, 5.74) is 1.65. The molecule has 0 bridgehead atoms. The molecule has 0 N–H and O–H groups in total. The SMILES string of the molecule is CCC(Br)c1nnc(-c2coc3ccccc23)o1. The van der Waals surface area contributed by atoms with E-state index in [4.69, 9.17) is 8.83 Å². The second-order valence-corrected chi connectivity index (χ2v) is 5.07. The lowest BCUT2D eigenvalue weighted by Crippen LogP contribution is -1.86. The summed E-state index contributed by atoms with van der Waals surface area (Å²) in [7, 11) is 0. The van der Waals surface area contributed by atoms with E-state index in [1.807, 2.05) is 24.3 Å². The standard InChI is InChI=1S/C13H11BrN2O2/c1-2-10(14)13-16-15-12(18-13)9-7-17-11-6-4-3-5-8(9)11/h3-7,10H,2H2,1H3. The Morgan fingerprint density at radius 3 is 2.94 bits per heavy atom. The molecule has 2 heterocycles. The van der Waals surface area contributed by atoms with E-state index in [0.29, 0.717) is 11.8 Å². The molecule has 0 saturated carbocycles. The van der Waals surface area contributed by atoms with E-state index >= 15 is 0 Å². The van der Waals surface area contributed by atoms with E-state index < -0.39 is 0 Å². The van der Waals surface area contributed by atoms with Crippen molar-refractivity contribution in [3.63, 3.8) is 0 Å². The number of alkyl halides is 1. The Morgan fingerprint density at radius 2 is 2.11 bits per heavy atom. The highest BCUT2D eigenvalue weighted by Gasteiger charge is 2.17. The third kappa shape index (κ3) is 1.84. The number of aromatic nitrogens is 2.